The second kappa shape index (κ2) is 6.41. The van der Waals surface area contributed by atoms with Crippen molar-refractivity contribution in [3.63, 3.8) is 0 Å². The molecule has 0 bridgehead atoms. The molecule has 0 aromatic carbocycles. The van der Waals surface area contributed by atoms with Crippen LogP contribution < -0.4 is 10.1 Å². The molecule has 4 nitrogen and oxygen atoms in total. The van der Waals surface area contributed by atoms with E-state index in [1.54, 1.807) is 7.11 Å². The number of nitrogens with one attached hydrogen (secondary N) is 1. The van der Waals surface area contributed by atoms with E-state index in [2.05, 4.69) is 10.3 Å². The van der Waals surface area contributed by atoms with Crippen molar-refractivity contribution in [1.29, 1.82) is 0 Å². The van der Waals surface area contributed by atoms with Gasteiger partial charge in [0.1, 0.15) is 5.75 Å². The lowest BCUT2D eigenvalue weighted by Gasteiger charge is -2.31. The summed E-state index contributed by atoms with van der Waals surface area (Å²) in [6, 6.07) is 2.71. The first-order valence-corrected chi connectivity index (χ1v) is 6.41. The highest BCUT2D eigenvalue weighted by Crippen LogP contribution is 2.34. The Morgan fingerprint density at radius 2 is 2.25 bits per heavy atom. The first kappa shape index (κ1) is 15.1. The molecular weight excluding hydrogens is 273 g/mol. The van der Waals surface area contributed by atoms with Crippen LogP contribution in [-0.2, 0) is 10.9 Å². The number of nitrogens with zero attached hydrogens (tertiary/aromatic N) is 1. The van der Waals surface area contributed by atoms with Crippen LogP contribution in [-0.4, -0.2) is 37.9 Å². The molecule has 0 saturated carbocycles. The Morgan fingerprint density at radius 3 is 2.95 bits per heavy atom. The number of pyridine rings is 1. The van der Waals surface area contributed by atoms with Gasteiger partial charge in [0.25, 0.3) is 0 Å². The van der Waals surface area contributed by atoms with Crippen molar-refractivity contribution in [2.45, 2.75) is 18.7 Å². The lowest BCUT2D eigenvalue weighted by Crippen LogP contribution is -2.43. The summed E-state index contributed by atoms with van der Waals surface area (Å²) in [7, 11) is 1.61. The second-order valence-corrected chi connectivity index (χ2v) is 4.69. The fraction of sp³-hybridized carbons (Fsp3) is 0.615. The molecule has 2 atom stereocenters. The molecule has 0 spiro atoms. The zero-order chi connectivity index (χ0) is 14.6. The first-order valence-electron chi connectivity index (χ1n) is 6.41. The standard InChI is InChI=1S/C13H17F3N2O2/c1-19-10-4-6-17-7-9(10)8-20-11-3-2-5-18-12(11)13(14,15)16/h2-3,5,9-10,17H,4,6-8H2,1H3. The van der Waals surface area contributed by atoms with Crippen LogP contribution in [0.15, 0.2) is 18.3 Å². The monoisotopic (exact) mass is 290 g/mol. The number of alkyl halides is 3. The molecule has 2 unspecified atom stereocenters. The summed E-state index contributed by atoms with van der Waals surface area (Å²) < 4.78 is 49.0. The van der Waals surface area contributed by atoms with Crippen molar-refractivity contribution >= 4 is 0 Å². The van der Waals surface area contributed by atoms with E-state index >= 15 is 0 Å². The summed E-state index contributed by atoms with van der Waals surface area (Å²) >= 11 is 0. The fourth-order valence-corrected chi connectivity index (χ4v) is 2.29. The second-order valence-electron chi connectivity index (χ2n) is 4.69. The minimum Gasteiger partial charge on any atom is -0.491 e. The molecular formula is C13H17F3N2O2. The topological polar surface area (TPSA) is 43.4 Å². The molecule has 1 aliphatic rings. The number of halogens is 3. The van der Waals surface area contributed by atoms with Gasteiger partial charge in [0.15, 0.2) is 5.69 Å². The highest BCUT2D eigenvalue weighted by molar-refractivity contribution is 5.29. The Morgan fingerprint density at radius 1 is 1.45 bits per heavy atom. The number of hydrogen-bond acceptors (Lipinski definition) is 4. The molecule has 1 aromatic rings. The molecule has 1 saturated heterocycles. The Kier molecular flexibility index (Phi) is 4.82. The summed E-state index contributed by atoms with van der Waals surface area (Å²) in [5.74, 6) is -0.213. The minimum atomic E-state index is -4.51. The van der Waals surface area contributed by atoms with E-state index in [9.17, 15) is 13.2 Å². The van der Waals surface area contributed by atoms with Gasteiger partial charge < -0.3 is 14.8 Å². The number of ether oxygens (including phenoxy) is 2. The van der Waals surface area contributed by atoms with Crippen molar-refractivity contribution in [1.82, 2.24) is 10.3 Å². The summed E-state index contributed by atoms with van der Waals surface area (Å²) in [4.78, 5) is 3.36. The average Bonchev–Trinajstić information content (AvgIpc) is 2.44. The van der Waals surface area contributed by atoms with E-state index in [-0.39, 0.29) is 24.4 Å². The van der Waals surface area contributed by atoms with Gasteiger partial charge in [-0.15, -0.1) is 0 Å². The molecule has 1 aromatic heterocycles. The summed E-state index contributed by atoms with van der Waals surface area (Å²) in [6.07, 6.45) is -2.58. The molecule has 2 rings (SSSR count). The van der Waals surface area contributed by atoms with Crippen LogP contribution in [0.1, 0.15) is 12.1 Å². The van der Waals surface area contributed by atoms with Gasteiger partial charge in [-0.3, -0.25) is 0 Å². The summed E-state index contributed by atoms with van der Waals surface area (Å²) in [6.45, 7) is 1.68. The van der Waals surface area contributed by atoms with Crippen molar-refractivity contribution in [3.8, 4) is 5.75 Å². The van der Waals surface area contributed by atoms with Gasteiger partial charge in [-0.25, -0.2) is 4.98 Å². The first-order chi connectivity index (χ1) is 9.52. The Bertz CT molecular complexity index is 440. The number of hydrogen-bond donors (Lipinski definition) is 1. The van der Waals surface area contributed by atoms with Crippen LogP contribution >= 0.6 is 0 Å². The van der Waals surface area contributed by atoms with E-state index in [1.807, 2.05) is 0 Å². The van der Waals surface area contributed by atoms with E-state index in [0.717, 1.165) is 19.2 Å². The highest BCUT2D eigenvalue weighted by atomic mass is 19.4. The fourth-order valence-electron chi connectivity index (χ4n) is 2.29. The van der Waals surface area contributed by atoms with Gasteiger partial charge in [0, 0.05) is 25.8 Å². The molecule has 2 heterocycles. The van der Waals surface area contributed by atoms with Gasteiger partial charge in [0.05, 0.1) is 12.7 Å². The number of aromatic nitrogens is 1. The summed E-state index contributed by atoms with van der Waals surface area (Å²) in [5.41, 5.74) is -0.988. The predicted molar refractivity (Wildman–Crippen MR) is 66.5 cm³/mol. The third-order valence-electron chi connectivity index (χ3n) is 3.33. The van der Waals surface area contributed by atoms with E-state index in [1.165, 1.54) is 12.1 Å². The van der Waals surface area contributed by atoms with E-state index in [0.29, 0.717) is 6.54 Å². The van der Waals surface area contributed by atoms with Crippen LogP contribution in [0, 0.1) is 5.92 Å². The third kappa shape index (κ3) is 3.61. The van der Waals surface area contributed by atoms with Gasteiger partial charge in [-0.05, 0) is 25.1 Å². The summed E-state index contributed by atoms with van der Waals surface area (Å²) in [5, 5.41) is 3.18. The third-order valence-corrected chi connectivity index (χ3v) is 3.33. The Hall–Kier alpha value is -1.34. The van der Waals surface area contributed by atoms with E-state index in [4.69, 9.17) is 9.47 Å². The number of rotatable bonds is 4. The maximum atomic E-state index is 12.8. The van der Waals surface area contributed by atoms with Gasteiger partial charge in [-0.2, -0.15) is 13.2 Å². The van der Waals surface area contributed by atoms with Crippen LogP contribution in [0.5, 0.6) is 5.75 Å². The molecule has 20 heavy (non-hydrogen) atoms. The molecule has 1 aliphatic heterocycles. The van der Waals surface area contributed by atoms with Crippen LogP contribution in [0.4, 0.5) is 13.2 Å². The van der Waals surface area contributed by atoms with Gasteiger partial charge in [-0.1, -0.05) is 0 Å². The van der Waals surface area contributed by atoms with Gasteiger partial charge in [0.2, 0.25) is 0 Å². The average molecular weight is 290 g/mol. The molecule has 0 radical (unpaired) electrons. The van der Waals surface area contributed by atoms with Crippen LogP contribution in [0.3, 0.4) is 0 Å². The maximum Gasteiger partial charge on any atom is 0.437 e. The Balaban J connectivity index is 2.03. The van der Waals surface area contributed by atoms with Gasteiger partial charge >= 0.3 is 6.18 Å². The van der Waals surface area contributed by atoms with Crippen LogP contribution in [0.2, 0.25) is 0 Å². The molecule has 1 N–H and O–H groups in total. The SMILES string of the molecule is COC1CCNCC1COc1cccnc1C(F)(F)F. The van der Waals surface area contributed by atoms with Crippen molar-refractivity contribution in [3.05, 3.63) is 24.0 Å². The highest BCUT2D eigenvalue weighted by Gasteiger charge is 2.36. The molecule has 0 aliphatic carbocycles. The normalized spacial score (nSPS) is 23.6. The lowest BCUT2D eigenvalue weighted by atomic mass is 9.97. The zero-order valence-electron chi connectivity index (χ0n) is 11.1. The quantitative estimate of drug-likeness (QED) is 0.922. The lowest BCUT2D eigenvalue weighted by molar-refractivity contribution is -0.142. The molecule has 1 fully saturated rings. The number of piperidine rings is 1. The largest absolute Gasteiger partial charge is 0.491 e. The molecule has 112 valence electrons. The number of methoxy groups -OCH3 is 1. The Labute approximate surface area is 115 Å². The van der Waals surface area contributed by atoms with Crippen molar-refractivity contribution in [2.24, 2.45) is 5.92 Å². The maximum absolute atomic E-state index is 12.8. The van der Waals surface area contributed by atoms with Crippen LogP contribution in [0.25, 0.3) is 0 Å². The van der Waals surface area contributed by atoms with Crippen molar-refractivity contribution < 1.29 is 22.6 Å². The predicted octanol–water partition coefficient (Wildman–Crippen LogP) is 2.10. The molecule has 0 amide bonds. The van der Waals surface area contributed by atoms with Crippen molar-refractivity contribution in [2.75, 3.05) is 26.8 Å². The zero-order valence-corrected chi connectivity index (χ0v) is 11.1. The minimum absolute atomic E-state index is 0.00209. The smallest absolute Gasteiger partial charge is 0.437 e. The van der Waals surface area contributed by atoms with E-state index < -0.39 is 11.9 Å². The molecule has 7 heteroatoms.